The van der Waals surface area contributed by atoms with Crippen LogP contribution in [0.25, 0.3) is 27.5 Å². The molecular formula is C20H9Br2N3. The molecule has 4 rings (SSSR count). The Hall–Kier alpha value is -2.60. The third-order valence-corrected chi connectivity index (χ3v) is 5.16. The Balaban J connectivity index is 2.18. The third-order valence-electron chi connectivity index (χ3n) is 4.18. The van der Waals surface area contributed by atoms with Gasteiger partial charge in [-0.25, -0.2) is 0 Å². The summed E-state index contributed by atoms with van der Waals surface area (Å²) >= 11 is 7.08. The van der Waals surface area contributed by atoms with Gasteiger partial charge in [0.15, 0.2) is 0 Å². The minimum Gasteiger partial charge on any atom is -0.308 e. The molecule has 0 N–H and O–H groups in total. The molecule has 118 valence electrons. The lowest BCUT2D eigenvalue weighted by atomic mass is 10.1. The number of fused-ring (bicyclic) bond motifs is 3. The molecule has 0 unspecified atom stereocenters. The number of nitriles is 2. The monoisotopic (exact) mass is 449 g/mol. The van der Waals surface area contributed by atoms with E-state index in [-0.39, 0.29) is 0 Å². The van der Waals surface area contributed by atoms with Crippen molar-refractivity contribution in [1.29, 1.82) is 10.5 Å². The molecule has 0 saturated heterocycles. The zero-order chi connectivity index (χ0) is 17.6. The van der Waals surface area contributed by atoms with E-state index in [1.807, 2.05) is 30.3 Å². The molecule has 0 aliphatic rings. The van der Waals surface area contributed by atoms with E-state index in [0.717, 1.165) is 36.4 Å². The molecule has 0 spiro atoms. The van der Waals surface area contributed by atoms with Crippen LogP contribution in [-0.4, -0.2) is 4.57 Å². The maximum absolute atomic E-state index is 9.58. The number of hydrogen-bond acceptors (Lipinski definition) is 2. The minimum atomic E-state index is 0.476. The fourth-order valence-corrected chi connectivity index (χ4v) is 3.84. The van der Waals surface area contributed by atoms with E-state index in [2.05, 4.69) is 60.7 Å². The van der Waals surface area contributed by atoms with Crippen molar-refractivity contribution in [2.45, 2.75) is 0 Å². The molecule has 0 aliphatic carbocycles. The standard InChI is InChI=1S/C20H9Br2N3/c21-14-2-5-19-16(8-14)17-9-15(22)3-6-20(17)25(19)18-4-1-12(10-23)7-13(18)11-24/h1-9H. The van der Waals surface area contributed by atoms with Gasteiger partial charge in [-0.05, 0) is 54.6 Å². The summed E-state index contributed by atoms with van der Waals surface area (Å²) in [6.07, 6.45) is 0. The SMILES string of the molecule is N#Cc1ccc(-n2c3ccc(Br)cc3c3cc(Br)ccc32)c(C#N)c1. The summed E-state index contributed by atoms with van der Waals surface area (Å²) in [6.45, 7) is 0. The summed E-state index contributed by atoms with van der Waals surface area (Å²) in [5.74, 6) is 0. The number of hydrogen-bond donors (Lipinski definition) is 0. The second kappa shape index (κ2) is 6.04. The second-order valence-electron chi connectivity index (χ2n) is 5.61. The fourth-order valence-electron chi connectivity index (χ4n) is 3.12. The first-order valence-corrected chi connectivity index (χ1v) is 9.05. The van der Waals surface area contributed by atoms with Gasteiger partial charge in [0.05, 0.1) is 33.9 Å². The Morgan fingerprint density at radius 2 is 1.32 bits per heavy atom. The number of nitrogens with zero attached hydrogens (tertiary/aromatic N) is 3. The zero-order valence-corrected chi connectivity index (χ0v) is 16.0. The molecule has 3 aromatic carbocycles. The van der Waals surface area contributed by atoms with Crippen molar-refractivity contribution in [3.8, 4) is 17.8 Å². The fraction of sp³-hybridized carbons (Fsp3) is 0. The average molecular weight is 451 g/mol. The van der Waals surface area contributed by atoms with Gasteiger partial charge >= 0.3 is 0 Å². The van der Waals surface area contributed by atoms with Gasteiger partial charge in [-0.15, -0.1) is 0 Å². The Morgan fingerprint density at radius 3 is 1.84 bits per heavy atom. The molecule has 0 amide bonds. The molecule has 0 aliphatic heterocycles. The molecule has 5 heteroatoms. The number of benzene rings is 3. The van der Waals surface area contributed by atoms with E-state index >= 15 is 0 Å². The van der Waals surface area contributed by atoms with Crippen LogP contribution in [0.15, 0.2) is 63.5 Å². The molecule has 1 aromatic heterocycles. The molecule has 0 saturated carbocycles. The summed E-state index contributed by atoms with van der Waals surface area (Å²) in [7, 11) is 0. The lowest BCUT2D eigenvalue weighted by Crippen LogP contribution is -1.98. The summed E-state index contributed by atoms with van der Waals surface area (Å²) in [5, 5.41) is 20.9. The predicted molar refractivity (Wildman–Crippen MR) is 106 cm³/mol. The van der Waals surface area contributed by atoms with Gasteiger partial charge < -0.3 is 4.57 Å². The van der Waals surface area contributed by atoms with Crippen LogP contribution in [0.2, 0.25) is 0 Å². The van der Waals surface area contributed by atoms with Crippen LogP contribution in [0, 0.1) is 22.7 Å². The Kier molecular flexibility index (Phi) is 3.84. The molecule has 0 bridgehead atoms. The quantitative estimate of drug-likeness (QED) is 0.354. The maximum atomic E-state index is 9.58. The zero-order valence-electron chi connectivity index (χ0n) is 12.8. The van der Waals surface area contributed by atoms with Crippen molar-refractivity contribution >= 4 is 53.7 Å². The molecule has 4 aromatic rings. The van der Waals surface area contributed by atoms with E-state index in [0.29, 0.717) is 11.1 Å². The molecule has 0 radical (unpaired) electrons. The van der Waals surface area contributed by atoms with Gasteiger partial charge in [0, 0.05) is 19.7 Å². The lowest BCUT2D eigenvalue weighted by Gasteiger charge is -2.10. The first-order chi connectivity index (χ1) is 12.1. The van der Waals surface area contributed by atoms with Crippen LogP contribution in [0.4, 0.5) is 0 Å². The number of rotatable bonds is 1. The van der Waals surface area contributed by atoms with Crippen molar-refractivity contribution in [2.75, 3.05) is 0 Å². The Morgan fingerprint density at radius 1 is 0.720 bits per heavy atom. The lowest BCUT2D eigenvalue weighted by molar-refractivity contribution is 1.16. The van der Waals surface area contributed by atoms with Crippen LogP contribution in [0.3, 0.4) is 0 Å². The Bertz CT molecular complexity index is 1180. The Labute approximate surface area is 161 Å². The van der Waals surface area contributed by atoms with Crippen LogP contribution in [0.1, 0.15) is 11.1 Å². The van der Waals surface area contributed by atoms with E-state index in [4.69, 9.17) is 5.26 Å². The van der Waals surface area contributed by atoms with Crippen molar-refractivity contribution < 1.29 is 0 Å². The van der Waals surface area contributed by atoms with Crippen molar-refractivity contribution in [1.82, 2.24) is 4.57 Å². The van der Waals surface area contributed by atoms with E-state index in [1.54, 1.807) is 12.1 Å². The smallest absolute Gasteiger partial charge is 0.101 e. The van der Waals surface area contributed by atoms with Gasteiger partial charge in [-0.1, -0.05) is 31.9 Å². The molecule has 0 fully saturated rings. The number of halogens is 2. The molecule has 1 heterocycles. The third kappa shape index (κ3) is 2.53. The van der Waals surface area contributed by atoms with Crippen molar-refractivity contribution in [2.24, 2.45) is 0 Å². The van der Waals surface area contributed by atoms with Crippen molar-refractivity contribution in [3.05, 3.63) is 74.7 Å². The summed E-state index contributed by atoms with van der Waals surface area (Å²) < 4.78 is 4.07. The average Bonchev–Trinajstić information content (AvgIpc) is 2.94. The maximum Gasteiger partial charge on any atom is 0.101 e. The normalized spacial score (nSPS) is 10.7. The summed E-state index contributed by atoms with van der Waals surface area (Å²) in [5.41, 5.74) is 3.75. The minimum absolute atomic E-state index is 0.476. The van der Waals surface area contributed by atoms with Crippen LogP contribution in [-0.2, 0) is 0 Å². The van der Waals surface area contributed by atoms with Gasteiger partial charge in [-0.2, -0.15) is 10.5 Å². The molecule has 3 nitrogen and oxygen atoms in total. The molecular weight excluding hydrogens is 442 g/mol. The van der Waals surface area contributed by atoms with Crippen LogP contribution >= 0.6 is 31.9 Å². The second-order valence-corrected chi connectivity index (χ2v) is 7.45. The topological polar surface area (TPSA) is 52.5 Å². The highest BCUT2D eigenvalue weighted by molar-refractivity contribution is 9.10. The number of aromatic nitrogens is 1. The largest absolute Gasteiger partial charge is 0.308 e. The van der Waals surface area contributed by atoms with Crippen LogP contribution in [0.5, 0.6) is 0 Å². The summed E-state index contributed by atoms with van der Waals surface area (Å²) in [6, 6.07) is 21.7. The van der Waals surface area contributed by atoms with Gasteiger partial charge in [0.2, 0.25) is 0 Å². The van der Waals surface area contributed by atoms with E-state index in [1.165, 1.54) is 0 Å². The highest BCUT2D eigenvalue weighted by atomic mass is 79.9. The predicted octanol–water partition coefficient (Wildman–Crippen LogP) is 6.05. The van der Waals surface area contributed by atoms with Gasteiger partial charge in [0.25, 0.3) is 0 Å². The van der Waals surface area contributed by atoms with E-state index < -0.39 is 0 Å². The van der Waals surface area contributed by atoms with Crippen LogP contribution < -0.4 is 0 Å². The molecule has 25 heavy (non-hydrogen) atoms. The van der Waals surface area contributed by atoms with Crippen molar-refractivity contribution in [3.63, 3.8) is 0 Å². The molecule has 0 atom stereocenters. The summed E-state index contributed by atoms with van der Waals surface area (Å²) in [4.78, 5) is 0. The highest BCUT2D eigenvalue weighted by Gasteiger charge is 2.15. The van der Waals surface area contributed by atoms with Gasteiger partial charge in [0.1, 0.15) is 6.07 Å². The first-order valence-electron chi connectivity index (χ1n) is 7.46. The highest BCUT2D eigenvalue weighted by Crippen LogP contribution is 2.36. The van der Waals surface area contributed by atoms with E-state index in [9.17, 15) is 5.26 Å². The van der Waals surface area contributed by atoms with Gasteiger partial charge in [-0.3, -0.25) is 0 Å². The first kappa shape index (κ1) is 15.9.